The van der Waals surface area contributed by atoms with Crippen LogP contribution in [0.15, 0.2) is 0 Å². The van der Waals surface area contributed by atoms with Gasteiger partial charge in [0.1, 0.15) is 0 Å². The third-order valence-electron chi connectivity index (χ3n) is 4.22. The zero-order chi connectivity index (χ0) is 13.3. The van der Waals surface area contributed by atoms with Crippen molar-refractivity contribution in [1.29, 1.82) is 0 Å². The molecule has 1 amide bonds. The Morgan fingerprint density at radius 3 is 2.50 bits per heavy atom. The number of hydrogen-bond acceptors (Lipinski definition) is 4. The number of hydrogen-bond donors (Lipinski definition) is 2. The molecule has 2 aliphatic rings. The number of carbonyl (C=O) groups excluding carboxylic acids is 1. The molecular formula is C13H25N3O2. The van der Waals surface area contributed by atoms with Gasteiger partial charge in [-0.2, -0.15) is 0 Å². The molecule has 2 unspecified atom stereocenters. The number of carbonyl (C=O) groups is 1. The van der Waals surface area contributed by atoms with Gasteiger partial charge >= 0.3 is 0 Å². The van der Waals surface area contributed by atoms with Crippen LogP contribution in [0.5, 0.6) is 0 Å². The summed E-state index contributed by atoms with van der Waals surface area (Å²) in [4.78, 5) is 13.9. The Bertz CT molecular complexity index is 313. The first kappa shape index (κ1) is 13.8. The molecular weight excluding hydrogens is 230 g/mol. The van der Waals surface area contributed by atoms with E-state index in [4.69, 9.17) is 16.2 Å². The van der Waals surface area contributed by atoms with Crippen LogP contribution in [0.1, 0.15) is 39.5 Å². The molecule has 0 spiro atoms. The van der Waals surface area contributed by atoms with Crippen molar-refractivity contribution in [3.8, 4) is 0 Å². The molecule has 1 saturated heterocycles. The highest BCUT2D eigenvalue weighted by atomic mass is 16.5. The summed E-state index contributed by atoms with van der Waals surface area (Å²) in [5.41, 5.74) is 10.8. The molecule has 5 nitrogen and oxygen atoms in total. The van der Waals surface area contributed by atoms with E-state index >= 15 is 0 Å². The van der Waals surface area contributed by atoms with Crippen molar-refractivity contribution < 1.29 is 9.53 Å². The summed E-state index contributed by atoms with van der Waals surface area (Å²) in [6.07, 6.45) is 3.97. The summed E-state index contributed by atoms with van der Waals surface area (Å²) >= 11 is 0. The fraction of sp³-hybridized carbons (Fsp3) is 0.923. The first-order valence-corrected chi connectivity index (χ1v) is 6.89. The van der Waals surface area contributed by atoms with Gasteiger partial charge in [-0.05, 0) is 39.5 Å². The van der Waals surface area contributed by atoms with Gasteiger partial charge in [0.15, 0.2) is 0 Å². The van der Waals surface area contributed by atoms with Gasteiger partial charge in [0, 0.05) is 19.1 Å². The molecule has 1 aliphatic heterocycles. The summed E-state index contributed by atoms with van der Waals surface area (Å²) in [6.45, 7) is 6.03. The Kier molecular flexibility index (Phi) is 3.94. The van der Waals surface area contributed by atoms with Gasteiger partial charge in [0.2, 0.25) is 5.91 Å². The van der Waals surface area contributed by atoms with Gasteiger partial charge in [0.25, 0.3) is 0 Å². The average molecular weight is 255 g/mol. The molecule has 5 heteroatoms. The van der Waals surface area contributed by atoms with Gasteiger partial charge in [0.05, 0.1) is 17.7 Å². The molecule has 1 saturated carbocycles. The molecule has 2 rings (SSSR count). The molecule has 1 aliphatic carbocycles. The van der Waals surface area contributed by atoms with Crippen LogP contribution in [-0.2, 0) is 9.53 Å². The first-order valence-electron chi connectivity index (χ1n) is 6.89. The van der Waals surface area contributed by atoms with E-state index in [0.717, 1.165) is 25.9 Å². The second-order valence-electron chi connectivity index (χ2n) is 5.98. The lowest BCUT2D eigenvalue weighted by atomic mass is 9.78. The zero-order valence-electron chi connectivity index (χ0n) is 11.4. The monoisotopic (exact) mass is 255 g/mol. The van der Waals surface area contributed by atoms with E-state index in [2.05, 4.69) is 18.7 Å². The van der Waals surface area contributed by atoms with Crippen LogP contribution in [0, 0.1) is 0 Å². The molecule has 4 N–H and O–H groups in total. The third kappa shape index (κ3) is 2.84. The Hall–Kier alpha value is -0.650. The van der Waals surface area contributed by atoms with Gasteiger partial charge in [-0.1, -0.05) is 0 Å². The van der Waals surface area contributed by atoms with Crippen molar-refractivity contribution in [3.63, 3.8) is 0 Å². The maximum absolute atomic E-state index is 11.5. The van der Waals surface area contributed by atoms with E-state index in [1.165, 1.54) is 0 Å². The third-order valence-corrected chi connectivity index (χ3v) is 4.22. The van der Waals surface area contributed by atoms with Crippen molar-refractivity contribution in [3.05, 3.63) is 0 Å². The van der Waals surface area contributed by atoms with E-state index in [1.807, 2.05) is 0 Å². The molecule has 4 atom stereocenters. The van der Waals surface area contributed by atoms with Crippen molar-refractivity contribution in [1.82, 2.24) is 4.90 Å². The second kappa shape index (κ2) is 5.15. The highest BCUT2D eigenvalue weighted by molar-refractivity contribution is 5.84. The maximum atomic E-state index is 11.5. The van der Waals surface area contributed by atoms with E-state index in [9.17, 15) is 4.79 Å². The summed E-state index contributed by atoms with van der Waals surface area (Å²) < 4.78 is 5.74. The normalized spacial score (nSPS) is 42.7. The van der Waals surface area contributed by atoms with Crippen LogP contribution in [0.25, 0.3) is 0 Å². The Morgan fingerprint density at radius 1 is 1.33 bits per heavy atom. The quantitative estimate of drug-likeness (QED) is 0.739. The lowest BCUT2D eigenvalue weighted by Crippen LogP contribution is -2.60. The average Bonchev–Trinajstić information content (AvgIpc) is 2.27. The summed E-state index contributed by atoms with van der Waals surface area (Å²) in [6, 6.07) is 0.366. The van der Waals surface area contributed by atoms with Gasteiger partial charge in [-0.25, -0.2) is 0 Å². The molecule has 0 aromatic heterocycles. The number of morpholine rings is 1. The highest BCUT2D eigenvalue weighted by Gasteiger charge is 2.40. The number of nitrogens with zero attached hydrogens (tertiary/aromatic N) is 1. The summed E-state index contributed by atoms with van der Waals surface area (Å²) in [7, 11) is 0. The summed E-state index contributed by atoms with van der Waals surface area (Å²) in [5, 5.41) is 0. The number of ether oxygens (including phenoxy) is 1. The molecule has 0 bridgehead atoms. The Balaban J connectivity index is 2.02. The number of rotatable bonds is 2. The van der Waals surface area contributed by atoms with Crippen LogP contribution in [0.2, 0.25) is 0 Å². The number of primary amides is 1. The smallest absolute Gasteiger partial charge is 0.237 e. The van der Waals surface area contributed by atoms with E-state index in [-0.39, 0.29) is 18.1 Å². The fourth-order valence-corrected chi connectivity index (χ4v) is 3.33. The predicted molar refractivity (Wildman–Crippen MR) is 70.0 cm³/mol. The van der Waals surface area contributed by atoms with E-state index < -0.39 is 5.54 Å². The Labute approximate surface area is 109 Å². The van der Waals surface area contributed by atoms with Crippen LogP contribution in [0.3, 0.4) is 0 Å². The second-order valence-corrected chi connectivity index (χ2v) is 5.98. The van der Waals surface area contributed by atoms with Crippen molar-refractivity contribution >= 4 is 5.91 Å². The predicted octanol–water partition coefficient (Wildman–Crippen LogP) is 0.221. The molecule has 104 valence electrons. The van der Waals surface area contributed by atoms with Crippen molar-refractivity contribution in [2.24, 2.45) is 11.5 Å². The van der Waals surface area contributed by atoms with Gasteiger partial charge in [-0.15, -0.1) is 0 Å². The topological polar surface area (TPSA) is 81.6 Å². The number of nitrogens with two attached hydrogens (primary N) is 2. The zero-order valence-corrected chi connectivity index (χ0v) is 11.4. The SMILES string of the molecule is C[C@@H]1CN(C2CCCC(N)(C(N)=O)C2)C[C@H](C)O1. The molecule has 2 fully saturated rings. The minimum Gasteiger partial charge on any atom is -0.373 e. The van der Waals surface area contributed by atoms with E-state index in [0.29, 0.717) is 18.9 Å². The molecule has 0 aromatic rings. The van der Waals surface area contributed by atoms with Crippen molar-refractivity contribution in [2.45, 2.75) is 63.3 Å². The van der Waals surface area contributed by atoms with Crippen LogP contribution >= 0.6 is 0 Å². The lowest BCUT2D eigenvalue weighted by molar-refractivity contribution is -0.126. The molecule has 0 radical (unpaired) electrons. The van der Waals surface area contributed by atoms with Crippen LogP contribution < -0.4 is 11.5 Å². The van der Waals surface area contributed by atoms with Crippen LogP contribution in [0.4, 0.5) is 0 Å². The molecule has 18 heavy (non-hydrogen) atoms. The standard InChI is InChI=1S/C13H25N3O2/c1-9-7-16(8-10(2)18-9)11-4-3-5-13(15,6-11)12(14)17/h9-11H,3-8,15H2,1-2H3,(H2,14,17)/t9-,10+,11?,13?. The summed E-state index contributed by atoms with van der Waals surface area (Å²) in [5.74, 6) is -0.360. The van der Waals surface area contributed by atoms with Crippen molar-refractivity contribution in [2.75, 3.05) is 13.1 Å². The molecule has 1 heterocycles. The number of amides is 1. The van der Waals surface area contributed by atoms with E-state index in [1.54, 1.807) is 0 Å². The van der Waals surface area contributed by atoms with Gasteiger partial charge < -0.3 is 16.2 Å². The molecule has 0 aromatic carbocycles. The maximum Gasteiger partial charge on any atom is 0.237 e. The minimum atomic E-state index is -0.812. The van der Waals surface area contributed by atoms with Gasteiger partial charge in [-0.3, -0.25) is 9.69 Å². The largest absolute Gasteiger partial charge is 0.373 e. The Morgan fingerprint density at radius 2 is 1.94 bits per heavy atom. The first-order chi connectivity index (χ1) is 8.40. The highest BCUT2D eigenvalue weighted by Crippen LogP contribution is 2.30. The fourth-order valence-electron chi connectivity index (χ4n) is 3.33. The lowest BCUT2D eigenvalue weighted by Gasteiger charge is -2.45. The minimum absolute atomic E-state index is 0.247. The van der Waals surface area contributed by atoms with Crippen LogP contribution in [-0.4, -0.2) is 47.7 Å².